The van der Waals surface area contributed by atoms with Crippen LogP contribution >= 0.6 is 0 Å². The zero-order valence-corrected chi connectivity index (χ0v) is 9.03. The Balaban J connectivity index is 2.03. The fourth-order valence-corrected chi connectivity index (χ4v) is 1.86. The summed E-state index contributed by atoms with van der Waals surface area (Å²) in [5.41, 5.74) is 6.82. The summed E-state index contributed by atoms with van der Waals surface area (Å²) in [5.74, 6) is 2.34. The Hall–Kier alpha value is -1.22. The van der Waals surface area contributed by atoms with Crippen molar-refractivity contribution in [3.8, 4) is 11.5 Å². The Morgan fingerprint density at radius 3 is 2.93 bits per heavy atom. The summed E-state index contributed by atoms with van der Waals surface area (Å²) >= 11 is 0. The zero-order valence-electron chi connectivity index (χ0n) is 9.03. The molecule has 1 unspecified atom stereocenters. The first-order chi connectivity index (χ1) is 7.29. The van der Waals surface area contributed by atoms with Gasteiger partial charge in [-0.05, 0) is 43.0 Å². The van der Waals surface area contributed by atoms with E-state index in [1.54, 1.807) is 0 Å². The van der Waals surface area contributed by atoms with E-state index >= 15 is 0 Å². The minimum Gasteiger partial charge on any atom is -0.454 e. The lowest BCUT2D eigenvalue weighted by atomic mass is 9.98. The van der Waals surface area contributed by atoms with Gasteiger partial charge in [-0.1, -0.05) is 13.0 Å². The Morgan fingerprint density at radius 1 is 1.33 bits per heavy atom. The Morgan fingerprint density at radius 2 is 2.13 bits per heavy atom. The second kappa shape index (κ2) is 4.53. The van der Waals surface area contributed by atoms with Crippen molar-refractivity contribution in [2.24, 2.45) is 11.7 Å². The lowest BCUT2D eigenvalue weighted by molar-refractivity contribution is 0.174. The summed E-state index contributed by atoms with van der Waals surface area (Å²) < 4.78 is 10.6. The average molecular weight is 207 g/mol. The van der Waals surface area contributed by atoms with Gasteiger partial charge in [0.15, 0.2) is 11.5 Å². The summed E-state index contributed by atoms with van der Waals surface area (Å²) in [6.07, 6.45) is 2.11. The minimum atomic E-state index is 0.344. The molecule has 0 aromatic heterocycles. The van der Waals surface area contributed by atoms with E-state index in [-0.39, 0.29) is 0 Å². The van der Waals surface area contributed by atoms with E-state index in [1.165, 1.54) is 5.56 Å². The maximum absolute atomic E-state index is 5.53. The molecule has 0 bridgehead atoms. The number of hydrogen-bond acceptors (Lipinski definition) is 3. The number of rotatable bonds is 4. The molecule has 0 fully saturated rings. The number of ether oxygens (including phenoxy) is 2. The molecule has 1 heterocycles. The molecule has 0 amide bonds. The van der Waals surface area contributed by atoms with Gasteiger partial charge in [0.05, 0.1) is 0 Å². The third kappa shape index (κ3) is 2.42. The van der Waals surface area contributed by atoms with E-state index in [2.05, 4.69) is 19.1 Å². The molecule has 1 aromatic rings. The molecule has 1 aliphatic rings. The van der Waals surface area contributed by atoms with E-state index in [1.807, 2.05) is 6.07 Å². The maximum atomic E-state index is 5.53. The van der Waals surface area contributed by atoms with Gasteiger partial charge in [-0.2, -0.15) is 0 Å². The van der Waals surface area contributed by atoms with E-state index < -0.39 is 0 Å². The first-order valence-electron chi connectivity index (χ1n) is 5.38. The van der Waals surface area contributed by atoms with Crippen molar-refractivity contribution in [3.05, 3.63) is 23.8 Å². The largest absolute Gasteiger partial charge is 0.454 e. The smallest absolute Gasteiger partial charge is 0.231 e. The van der Waals surface area contributed by atoms with Crippen molar-refractivity contribution < 1.29 is 9.47 Å². The topological polar surface area (TPSA) is 44.5 Å². The van der Waals surface area contributed by atoms with Crippen LogP contribution in [0.1, 0.15) is 18.9 Å². The number of hydrogen-bond donors (Lipinski definition) is 1. The highest BCUT2D eigenvalue weighted by atomic mass is 16.7. The SMILES string of the molecule is CC(CCN)Cc1ccc2c(c1)OCO2. The van der Waals surface area contributed by atoms with Gasteiger partial charge in [-0.25, -0.2) is 0 Å². The molecular weight excluding hydrogens is 190 g/mol. The van der Waals surface area contributed by atoms with E-state index in [0.717, 1.165) is 30.9 Å². The van der Waals surface area contributed by atoms with Gasteiger partial charge in [0.2, 0.25) is 6.79 Å². The lowest BCUT2D eigenvalue weighted by Crippen LogP contribution is -2.07. The van der Waals surface area contributed by atoms with Gasteiger partial charge in [-0.3, -0.25) is 0 Å². The van der Waals surface area contributed by atoms with Crippen molar-refractivity contribution in [3.63, 3.8) is 0 Å². The molecule has 1 atom stereocenters. The van der Waals surface area contributed by atoms with Crippen LogP contribution in [-0.2, 0) is 6.42 Å². The monoisotopic (exact) mass is 207 g/mol. The van der Waals surface area contributed by atoms with Gasteiger partial charge < -0.3 is 15.2 Å². The summed E-state index contributed by atoms with van der Waals surface area (Å²) in [5, 5.41) is 0. The van der Waals surface area contributed by atoms with Crippen molar-refractivity contribution in [1.29, 1.82) is 0 Å². The fourth-order valence-electron chi connectivity index (χ4n) is 1.86. The highest BCUT2D eigenvalue weighted by Gasteiger charge is 2.13. The van der Waals surface area contributed by atoms with Crippen molar-refractivity contribution in [2.75, 3.05) is 13.3 Å². The molecule has 0 radical (unpaired) electrons. The van der Waals surface area contributed by atoms with E-state index in [9.17, 15) is 0 Å². The van der Waals surface area contributed by atoms with Crippen LogP contribution in [0.4, 0.5) is 0 Å². The Kier molecular flexibility index (Phi) is 3.11. The number of fused-ring (bicyclic) bond motifs is 1. The molecule has 1 aliphatic heterocycles. The molecule has 0 saturated carbocycles. The molecule has 3 heteroatoms. The molecule has 1 aromatic carbocycles. The molecule has 15 heavy (non-hydrogen) atoms. The van der Waals surface area contributed by atoms with Crippen LogP contribution in [0.25, 0.3) is 0 Å². The minimum absolute atomic E-state index is 0.344. The van der Waals surface area contributed by atoms with Crippen molar-refractivity contribution in [1.82, 2.24) is 0 Å². The van der Waals surface area contributed by atoms with Crippen molar-refractivity contribution in [2.45, 2.75) is 19.8 Å². The average Bonchev–Trinajstić information content (AvgIpc) is 2.65. The molecular formula is C12H17NO2. The first-order valence-corrected chi connectivity index (χ1v) is 5.38. The number of benzene rings is 1. The Labute approximate surface area is 90.2 Å². The lowest BCUT2D eigenvalue weighted by Gasteiger charge is -2.10. The van der Waals surface area contributed by atoms with Crippen LogP contribution in [0.2, 0.25) is 0 Å². The predicted octanol–water partition coefficient (Wildman–Crippen LogP) is 1.94. The quantitative estimate of drug-likeness (QED) is 0.820. The van der Waals surface area contributed by atoms with Gasteiger partial charge >= 0.3 is 0 Å². The summed E-state index contributed by atoms with van der Waals surface area (Å²) in [6.45, 7) is 3.32. The summed E-state index contributed by atoms with van der Waals surface area (Å²) in [6, 6.07) is 6.14. The van der Waals surface area contributed by atoms with Gasteiger partial charge in [0, 0.05) is 0 Å². The standard InChI is InChI=1S/C12H17NO2/c1-9(4-5-13)6-10-2-3-11-12(7-10)15-8-14-11/h2-3,7,9H,4-6,8,13H2,1H3. The molecule has 82 valence electrons. The van der Waals surface area contributed by atoms with Gasteiger partial charge in [0.25, 0.3) is 0 Å². The molecule has 2 rings (SSSR count). The van der Waals surface area contributed by atoms with E-state index in [4.69, 9.17) is 15.2 Å². The third-order valence-electron chi connectivity index (χ3n) is 2.68. The predicted molar refractivity (Wildman–Crippen MR) is 59.1 cm³/mol. The second-order valence-electron chi connectivity index (χ2n) is 4.07. The molecule has 3 nitrogen and oxygen atoms in total. The molecule has 0 aliphatic carbocycles. The third-order valence-corrected chi connectivity index (χ3v) is 2.68. The second-order valence-corrected chi connectivity index (χ2v) is 4.07. The normalized spacial score (nSPS) is 15.3. The van der Waals surface area contributed by atoms with Crippen LogP contribution in [0.15, 0.2) is 18.2 Å². The van der Waals surface area contributed by atoms with Crippen LogP contribution < -0.4 is 15.2 Å². The van der Waals surface area contributed by atoms with Crippen LogP contribution in [0.5, 0.6) is 11.5 Å². The molecule has 0 spiro atoms. The van der Waals surface area contributed by atoms with Gasteiger partial charge in [0.1, 0.15) is 0 Å². The van der Waals surface area contributed by atoms with E-state index in [0.29, 0.717) is 12.7 Å². The highest BCUT2D eigenvalue weighted by molar-refractivity contribution is 5.44. The summed E-state index contributed by atoms with van der Waals surface area (Å²) in [4.78, 5) is 0. The fraction of sp³-hybridized carbons (Fsp3) is 0.500. The Bertz CT molecular complexity index is 338. The van der Waals surface area contributed by atoms with Crippen LogP contribution in [-0.4, -0.2) is 13.3 Å². The first kappa shape index (κ1) is 10.3. The zero-order chi connectivity index (χ0) is 10.7. The number of nitrogens with two attached hydrogens (primary N) is 1. The molecule has 2 N–H and O–H groups in total. The van der Waals surface area contributed by atoms with Crippen LogP contribution in [0, 0.1) is 5.92 Å². The summed E-state index contributed by atoms with van der Waals surface area (Å²) in [7, 11) is 0. The molecule has 0 saturated heterocycles. The maximum Gasteiger partial charge on any atom is 0.231 e. The van der Waals surface area contributed by atoms with Crippen molar-refractivity contribution >= 4 is 0 Å². The van der Waals surface area contributed by atoms with Gasteiger partial charge in [-0.15, -0.1) is 0 Å². The highest BCUT2D eigenvalue weighted by Crippen LogP contribution is 2.33. The van der Waals surface area contributed by atoms with Crippen LogP contribution in [0.3, 0.4) is 0 Å².